The maximum atomic E-state index is 12.4. The topological polar surface area (TPSA) is 92.3 Å². The largest absolute Gasteiger partial charge is 0.480 e. The molecule has 1 aromatic carbocycles. The molecule has 0 amide bonds. The van der Waals surface area contributed by atoms with Crippen LogP contribution in [0.3, 0.4) is 0 Å². The predicted molar refractivity (Wildman–Crippen MR) is 81.0 cm³/mol. The highest BCUT2D eigenvalue weighted by Gasteiger charge is 2.20. The molecule has 0 aliphatic carbocycles. The van der Waals surface area contributed by atoms with Gasteiger partial charge in [0.25, 0.3) is 0 Å². The lowest BCUT2D eigenvalue weighted by molar-refractivity contribution is -0.139. The first-order valence-corrected chi connectivity index (χ1v) is 7.11. The SMILES string of the molecule is CCc1cc(C(=O)c2ccc(OCC(=O)O)c(Cl)c2Cl)[nH]n1. The zero-order valence-electron chi connectivity index (χ0n) is 11.5. The van der Waals surface area contributed by atoms with Crippen molar-refractivity contribution in [3.8, 4) is 5.75 Å². The van der Waals surface area contributed by atoms with Gasteiger partial charge in [0.05, 0.1) is 10.7 Å². The third-order valence-corrected chi connectivity index (χ3v) is 3.74. The smallest absolute Gasteiger partial charge is 0.341 e. The van der Waals surface area contributed by atoms with E-state index in [1.165, 1.54) is 12.1 Å². The molecule has 0 saturated carbocycles. The van der Waals surface area contributed by atoms with Crippen LogP contribution in [0.5, 0.6) is 5.75 Å². The molecular formula is C14H12Cl2N2O4. The standard InChI is InChI=1S/C14H12Cl2N2O4/c1-2-7-5-9(18-17-7)14(21)8-3-4-10(13(16)12(8)15)22-6-11(19)20/h3-5H,2,6H2,1H3,(H,17,18)(H,19,20). The highest BCUT2D eigenvalue weighted by Crippen LogP contribution is 2.35. The van der Waals surface area contributed by atoms with Crippen LogP contribution >= 0.6 is 23.2 Å². The lowest BCUT2D eigenvalue weighted by Crippen LogP contribution is -2.10. The minimum Gasteiger partial charge on any atom is -0.480 e. The fourth-order valence-corrected chi connectivity index (χ4v) is 2.23. The van der Waals surface area contributed by atoms with Gasteiger partial charge in [-0.3, -0.25) is 9.89 Å². The molecule has 2 aromatic rings. The third kappa shape index (κ3) is 3.40. The van der Waals surface area contributed by atoms with Gasteiger partial charge in [-0.05, 0) is 24.6 Å². The minimum atomic E-state index is -1.14. The van der Waals surface area contributed by atoms with Gasteiger partial charge in [0.1, 0.15) is 16.5 Å². The Morgan fingerprint density at radius 3 is 2.64 bits per heavy atom. The maximum Gasteiger partial charge on any atom is 0.341 e. The van der Waals surface area contributed by atoms with E-state index in [2.05, 4.69) is 10.2 Å². The molecule has 6 nitrogen and oxygen atoms in total. The van der Waals surface area contributed by atoms with Crippen molar-refractivity contribution in [3.63, 3.8) is 0 Å². The Hall–Kier alpha value is -2.05. The second-order valence-electron chi connectivity index (χ2n) is 4.38. The van der Waals surface area contributed by atoms with Crippen LogP contribution in [0.1, 0.15) is 28.7 Å². The molecule has 0 atom stereocenters. The van der Waals surface area contributed by atoms with Gasteiger partial charge in [-0.15, -0.1) is 0 Å². The molecule has 116 valence electrons. The van der Waals surface area contributed by atoms with Crippen molar-refractivity contribution >= 4 is 35.0 Å². The molecular weight excluding hydrogens is 331 g/mol. The Balaban J connectivity index is 2.30. The lowest BCUT2D eigenvalue weighted by Gasteiger charge is -2.09. The van der Waals surface area contributed by atoms with E-state index in [-0.39, 0.29) is 27.1 Å². The average Bonchev–Trinajstić information content (AvgIpc) is 2.97. The molecule has 1 aromatic heterocycles. The fraction of sp³-hybridized carbons (Fsp3) is 0.214. The summed E-state index contributed by atoms with van der Waals surface area (Å²) in [4.78, 5) is 22.9. The summed E-state index contributed by atoms with van der Waals surface area (Å²) in [5, 5.41) is 15.2. The zero-order chi connectivity index (χ0) is 16.3. The first kappa shape index (κ1) is 16.3. The van der Waals surface area contributed by atoms with Crippen LogP contribution < -0.4 is 4.74 Å². The van der Waals surface area contributed by atoms with Crippen molar-refractivity contribution in [3.05, 3.63) is 45.2 Å². The molecule has 0 fully saturated rings. The molecule has 0 radical (unpaired) electrons. The van der Waals surface area contributed by atoms with Crippen LogP contribution in [0.15, 0.2) is 18.2 Å². The molecule has 0 aliphatic rings. The van der Waals surface area contributed by atoms with Gasteiger partial charge >= 0.3 is 5.97 Å². The number of aliphatic carboxylic acids is 1. The van der Waals surface area contributed by atoms with E-state index in [0.29, 0.717) is 12.1 Å². The van der Waals surface area contributed by atoms with E-state index in [1.807, 2.05) is 6.92 Å². The quantitative estimate of drug-likeness (QED) is 0.787. The van der Waals surface area contributed by atoms with E-state index < -0.39 is 12.6 Å². The molecule has 0 bridgehead atoms. The number of benzene rings is 1. The molecule has 2 rings (SSSR count). The minimum absolute atomic E-state index is 0.00204. The number of hydrogen-bond donors (Lipinski definition) is 2. The van der Waals surface area contributed by atoms with Crippen molar-refractivity contribution < 1.29 is 19.4 Å². The Morgan fingerprint density at radius 1 is 1.32 bits per heavy atom. The molecule has 0 aliphatic heterocycles. The van der Waals surface area contributed by atoms with E-state index in [0.717, 1.165) is 5.69 Å². The maximum absolute atomic E-state index is 12.4. The summed E-state index contributed by atoms with van der Waals surface area (Å²) < 4.78 is 4.99. The first-order chi connectivity index (χ1) is 10.4. The van der Waals surface area contributed by atoms with Gasteiger partial charge in [-0.2, -0.15) is 5.10 Å². The number of aromatic amines is 1. The number of nitrogens with zero attached hydrogens (tertiary/aromatic N) is 1. The van der Waals surface area contributed by atoms with E-state index in [4.69, 9.17) is 33.0 Å². The van der Waals surface area contributed by atoms with E-state index >= 15 is 0 Å². The van der Waals surface area contributed by atoms with Crippen molar-refractivity contribution in [2.45, 2.75) is 13.3 Å². The van der Waals surface area contributed by atoms with Gasteiger partial charge in [-0.1, -0.05) is 30.1 Å². The Morgan fingerprint density at radius 2 is 2.05 bits per heavy atom. The number of H-pyrrole nitrogens is 1. The number of aryl methyl sites for hydroxylation is 1. The van der Waals surface area contributed by atoms with Gasteiger partial charge in [-0.25, -0.2) is 4.79 Å². The number of ketones is 1. The molecule has 22 heavy (non-hydrogen) atoms. The zero-order valence-corrected chi connectivity index (χ0v) is 13.0. The molecule has 1 heterocycles. The summed E-state index contributed by atoms with van der Waals surface area (Å²) in [6, 6.07) is 4.48. The van der Waals surface area contributed by atoms with Crippen LogP contribution in [0.25, 0.3) is 0 Å². The number of carbonyl (C=O) groups is 2. The Kier molecular flexibility index (Phi) is 5.05. The van der Waals surface area contributed by atoms with Gasteiger partial charge in [0, 0.05) is 5.56 Å². The third-order valence-electron chi connectivity index (χ3n) is 2.88. The molecule has 2 N–H and O–H groups in total. The summed E-state index contributed by atoms with van der Waals surface area (Å²) in [6.45, 7) is 1.37. The average molecular weight is 343 g/mol. The van der Waals surface area contributed by atoms with Crippen LogP contribution in [-0.4, -0.2) is 33.7 Å². The fourth-order valence-electron chi connectivity index (χ4n) is 1.76. The summed E-state index contributed by atoms with van der Waals surface area (Å²) in [7, 11) is 0. The van der Waals surface area contributed by atoms with Gasteiger partial charge in [0.15, 0.2) is 6.61 Å². The van der Waals surface area contributed by atoms with Crippen molar-refractivity contribution in [2.75, 3.05) is 6.61 Å². The van der Waals surface area contributed by atoms with Gasteiger partial charge < -0.3 is 9.84 Å². The highest BCUT2D eigenvalue weighted by molar-refractivity contribution is 6.45. The summed E-state index contributed by atoms with van der Waals surface area (Å²) >= 11 is 12.1. The highest BCUT2D eigenvalue weighted by atomic mass is 35.5. The number of carboxylic acids is 1. The molecule has 0 spiro atoms. The molecule has 0 unspecified atom stereocenters. The van der Waals surface area contributed by atoms with E-state index in [1.54, 1.807) is 6.07 Å². The summed E-state index contributed by atoms with van der Waals surface area (Å²) in [5.74, 6) is -1.40. The second-order valence-corrected chi connectivity index (χ2v) is 5.13. The molecule has 0 saturated heterocycles. The predicted octanol–water partition coefficient (Wildman–Crippen LogP) is 2.97. The van der Waals surface area contributed by atoms with Crippen molar-refractivity contribution in [1.82, 2.24) is 10.2 Å². The number of hydrogen-bond acceptors (Lipinski definition) is 4. The van der Waals surface area contributed by atoms with Crippen molar-refractivity contribution in [2.24, 2.45) is 0 Å². The lowest BCUT2D eigenvalue weighted by atomic mass is 10.1. The monoisotopic (exact) mass is 342 g/mol. The van der Waals surface area contributed by atoms with Crippen LogP contribution in [-0.2, 0) is 11.2 Å². The normalized spacial score (nSPS) is 10.5. The number of rotatable bonds is 6. The van der Waals surface area contributed by atoms with Crippen LogP contribution in [0.4, 0.5) is 0 Å². The number of carboxylic acid groups (broad SMARTS) is 1. The first-order valence-electron chi connectivity index (χ1n) is 6.35. The summed E-state index contributed by atoms with van der Waals surface area (Å²) in [6.07, 6.45) is 0.695. The number of aromatic nitrogens is 2. The number of ether oxygens (including phenoxy) is 1. The Bertz CT molecular complexity index is 728. The van der Waals surface area contributed by atoms with Crippen LogP contribution in [0, 0.1) is 0 Å². The number of carbonyl (C=O) groups excluding carboxylic acids is 1. The van der Waals surface area contributed by atoms with Gasteiger partial charge in [0.2, 0.25) is 5.78 Å². The number of nitrogens with one attached hydrogen (secondary N) is 1. The van der Waals surface area contributed by atoms with Crippen molar-refractivity contribution in [1.29, 1.82) is 0 Å². The number of halogens is 2. The van der Waals surface area contributed by atoms with Crippen LogP contribution in [0.2, 0.25) is 10.0 Å². The summed E-state index contributed by atoms with van der Waals surface area (Å²) in [5.41, 5.74) is 1.24. The second kappa shape index (κ2) is 6.81. The molecule has 8 heteroatoms. The van der Waals surface area contributed by atoms with E-state index in [9.17, 15) is 9.59 Å². The Labute approximate surface area is 136 Å².